The Hall–Kier alpha value is -3.08. The molecule has 0 saturated carbocycles. The summed E-state index contributed by atoms with van der Waals surface area (Å²) >= 11 is 0. The van der Waals surface area contributed by atoms with Crippen molar-refractivity contribution in [2.24, 2.45) is 17.1 Å². The van der Waals surface area contributed by atoms with Crippen molar-refractivity contribution in [3.8, 4) is 6.07 Å². The number of anilines is 1. The van der Waals surface area contributed by atoms with E-state index in [1.807, 2.05) is 25.1 Å². The molecule has 1 spiro atoms. The van der Waals surface area contributed by atoms with Crippen LogP contribution in [0.1, 0.15) is 52.5 Å². The van der Waals surface area contributed by atoms with Crippen molar-refractivity contribution >= 4 is 23.6 Å². The smallest absolute Gasteiger partial charge is 0.405 e. The predicted molar refractivity (Wildman–Crippen MR) is 115 cm³/mol. The van der Waals surface area contributed by atoms with Gasteiger partial charge in [-0.2, -0.15) is 5.26 Å². The van der Waals surface area contributed by atoms with Crippen LogP contribution in [0, 0.1) is 22.7 Å². The number of hydrogen-bond donors (Lipinski definition) is 2. The topological polar surface area (TPSA) is 126 Å². The summed E-state index contributed by atoms with van der Waals surface area (Å²) in [5, 5.41) is 12.6. The van der Waals surface area contributed by atoms with Crippen LogP contribution < -0.4 is 11.1 Å². The lowest BCUT2D eigenvalue weighted by Crippen LogP contribution is -2.46. The van der Waals surface area contributed by atoms with E-state index in [1.165, 1.54) is 4.90 Å². The molecular weight excluding hydrogens is 396 g/mol. The Kier molecular flexibility index (Phi) is 5.99. The molecular formula is C23H30N4O4. The third-order valence-corrected chi connectivity index (χ3v) is 6.03. The second kappa shape index (κ2) is 8.22. The predicted octanol–water partition coefficient (Wildman–Crippen LogP) is 2.93. The average Bonchev–Trinajstić information content (AvgIpc) is 3.18. The number of rotatable bonds is 5. The van der Waals surface area contributed by atoms with Crippen molar-refractivity contribution in [1.29, 1.82) is 5.26 Å². The van der Waals surface area contributed by atoms with Crippen molar-refractivity contribution in [2.45, 2.75) is 64.5 Å². The second-order valence-electron chi connectivity index (χ2n) is 9.93. The number of ether oxygens (including phenoxy) is 1. The van der Waals surface area contributed by atoms with Gasteiger partial charge in [0.15, 0.2) is 6.10 Å². The van der Waals surface area contributed by atoms with E-state index in [0.29, 0.717) is 12.1 Å². The van der Waals surface area contributed by atoms with Gasteiger partial charge in [0, 0.05) is 18.7 Å². The molecule has 3 N–H and O–H groups in total. The van der Waals surface area contributed by atoms with Crippen LogP contribution in [0.2, 0.25) is 0 Å². The highest BCUT2D eigenvalue weighted by Crippen LogP contribution is 2.46. The summed E-state index contributed by atoms with van der Waals surface area (Å²) in [5.41, 5.74) is 5.77. The van der Waals surface area contributed by atoms with Gasteiger partial charge in [-0.3, -0.25) is 9.59 Å². The average molecular weight is 427 g/mol. The van der Waals surface area contributed by atoms with Crippen molar-refractivity contribution < 1.29 is 19.1 Å². The molecule has 8 heteroatoms. The summed E-state index contributed by atoms with van der Waals surface area (Å²) in [5.74, 6) is -0.626. The number of nitriles is 1. The van der Waals surface area contributed by atoms with Gasteiger partial charge in [-0.15, -0.1) is 0 Å². The molecule has 2 aliphatic heterocycles. The molecule has 3 amide bonds. The minimum Gasteiger partial charge on any atom is -0.436 e. The number of carbonyl (C=O) groups is 3. The molecule has 0 radical (unpaired) electrons. The van der Waals surface area contributed by atoms with Crippen LogP contribution in [-0.2, 0) is 19.7 Å². The van der Waals surface area contributed by atoms with E-state index in [0.717, 1.165) is 12.0 Å². The molecule has 3 rings (SSSR count). The Morgan fingerprint density at radius 3 is 2.68 bits per heavy atom. The summed E-state index contributed by atoms with van der Waals surface area (Å²) < 4.78 is 5.19. The number of fused-ring (bicyclic) bond motifs is 2. The number of carbonyl (C=O) groups excluding carboxylic acids is 3. The van der Waals surface area contributed by atoms with Crippen LogP contribution in [0.15, 0.2) is 24.3 Å². The van der Waals surface area contributed by atoms with E-state index < -0.39 is 29.6 Å². The lowest BCUT2D eigenvalue weighted by atomic mass is 9.80. The quantitative estimate of drug-likeness (QED) is 0.749. The Balaban J connectivity index is 1.87. The van der Waals surface area contributed by atoms with Crippen molar-refractivity contribution in [1.82, 2.24) is 4.90 Å². The Bertz CT molecular complexity index is 932. The number of primary amides is 1. The molecule has 1 fully saturated rings. The minimum atomic E-state index is -1.10. The number of hydrogen-bond acceptors (Lipinski definition) is 5. The number of nitrogens with two attached hydrogens (primary N) is 1. The molecule has 8 nitrogen and oxygen atoms in total. The highest BCUT2D eigenvalue weighted by molar-refractivity contribution is 6.07. The van der Waals surface area contributed by atoms with Gasteiger partial charge < -0.3 is 20.7 Å². The van der Waals surface area contributed by atoms with E-state index >= 15 is 0 Å². The zero-order chi connectivity index (χ0) is 23.0. The third kappa shape index (κ3) is 4.50. The summed E-state index contributed by atoms with van der Waals surface area (Å²) in [4.78, 5) is 39.2. The summed E-state index contributed by atoms with van der Waals surface area (Å²) in [6, 6.07) is 8.66. The summed E-state index contributed by atoms with van der Waals surface area (Å²) in [6.45, 7) is 8.34. The second-order valence-corrected chi connectivity index (χ2v) is 9.93. The molecule has 4 atom stereocenters. The van der Waals surface area contributed by atoms with E-state index in [4.69, 9.17) is 10.5 Å². The molecule has 0 aliphatic carbocycles. The highest BCUT2D eigenvalue weighted by atomic mass is 16.6. The molecule has 1 saturated heterocycles. The Morgan fingerprint density at radius 2 is 2.06 bits per heavy atom. The molecule has 2 aliphatic rings. The molecule has 0 aromatic heterocycles. The first-order chi connectivity index (χ1) is 14.5. The first-order valence-corrected chi connectivity index (χ1v) is 10.5. The molecule has 31 heavy (non-hydrogen) atoms. The number of amides is 3. The van der Waals surface area contributed by atoms with Gasteiger partial charge in [0.05, 0.1) is 11.5 Å². The first-order valence-electron chi connectivity index (χ1n) is 10.5. The monoisotopic (exact) mass is 426 g/mol. The van der Waals surface area contributed by atoms with Crippen LogP contribution >= 0.6 is 0 Å². The van der Waals surface area contributed by atoms with Crippen LogP contribution in [0.3, 0.4) is 0 Å². The largest absolute Gasteiger partial charge is 0.436 e. The maximum atomic E-state index is 13.4. The van der Waals surface area contributed by atoms with Gasteiger partial charge in [0.2, 0.25) is 5.91 Å². The van der Waals surface area contributed by atoms with Gasteiger partial charge in [0.1, 0.15) is 6.04 Å². The fourth-order valence-electron chi connectivity index (χ4n) is 5.00. The zero-order valence-electron chi connectivity index (χ0n) is 18.5. The maximum absolute atomic E-state index is 13.4. The molecule has 1 aromatic rings. The van der Waals surface area contributed by atoms with E-state index in [-0.39, 0.29) is 30.2 Å². The zero-order valence-corrected chi connectivity index (χ0v) is 18.5. The van der Waals surface area contributed by atoms with E-state index in [2.05, 4.69) is 32.2 Å². The standard InChI is InChI=1S/C23H30N4O4/c1-14(10-22(2,3)4)9-18(31-21(25)30)19(28)27-13-23(11-15(27)12-24)16-7-5-6-8-17(16)26-20(23)29/h5-8,14-15,18H,9-11,13H2,1-4H3,(H2,25,30)(H,26,29)/t14-,15+,18?,23+/m1/s1. The van der Waals surface area contributed by atoms with Gasteiger partial charge in [0.25, 0.3) is 5.91 Å². The van der Waals surface area contributed by atoms with Crippen molar-refractivity contribution in [3.05, 3.63) is 29.8 Å². The van der Waals surface area contributed by atoms with Crippen LogP contribution in [0.5, 0.6) is 0 Å². The van der Waals surface area contributed by atoms with E-state index in [9.17, 15) is 19.6 Å². The van der Waals surface area contributed by atoms with Gasteiger partial charge >= 0.3 is 6.09 Å². The fourth-order valence-corrected chi connectivity index (χ4v) is 5.00. The first kappa shape index (κ1) is 22.6. The lowest BCUT2D eigenvalue weighted by Gasteiger charge is -2.29. The van der Waals surface area contributed by atoms with Gasteiger partial charge in [-0.1, -0.05) is 45.9 Å². The van der Waals surface area contributed by atoms with E-state index in [1.54, 1.807) is 6.07 Å². The van der Waals surface area contributed by atoms with Crippen LogP contribution in [0.25, 0.3) is 0 Å². The van der Waals surface area contributed by atoms with Crippen LogP contribution in [-0.4, -0.2) is 41.5 Å². The third-order valence-electron chi connectivity index (χ3n) is 6.03. The molecule has 1 unspecified atom stereocenters. The van der Waals surface area contributed by atoms with Crippen molar-refractivity contribution in [3.63, 3.8) is 0 Å². The van der Waals surface area contributed by atoms with Gasteiger partial charge in [-0.25, -0.2) is 4.79 Å². The molecule has 166 valence electrons. The van der Waals surface area contributed by atoms with Crippen LogP contribution in [0.4, 0.5) is 10.5 Å². The number of nitrogens with one attached hydrogen (secondary N) is 1. The van der Waals surface area contributed by atoms with Crippen molar-refractivity contribution in [2.75, 3.05) is 11.9 Å². The summed E-state index contributed by atoms with van der Waals surface area (Å²) in [6.07, 6.45) is -0.823. The Morgan fingerprint density at radius 1 is 1.39 bits per heavy atom. The minimum absolute atomic E-state index is 0.0400. The number of likely N-dealkylation sites (tertiary alicyclic amines) is 1. The number of para-hydroxylation sites is 1. The SMILES string of the molecule is C[C@H](CC(OC(N)=O)C(=O)N1C[C@]2(C[C@H]1C#N)C(=O)Nc1ccccc12)CC(C)(C)C. The molecule has 2 heterocycles. The fraction of sp³-hybridized carbons (Fsp3) is 0.565. The normalized spacial score (nSPS) is 24.3. The summed E-state index contributed by atoms with van der Waals surface area (Å²) in [7, 11) is 0. The number of nitrogens with zero attached hydrogens (tertiary/aromatic N) is 2. The molecule has 0 bridgehead atoms. The molecule has 1 aromatic carbocycles. The number of benzene rings is 1. The Labute approximate surface area is 182 Å². The highest BCUT2D eigenvalue weighted by Gasteiger charge is 2.56. The maximum Gasteiger partial charge on any atom is 0.405 e. The van der Waals surface area contributed by atoms with Gasteiger partial charge in [-0.05, 0) is 35.8 Å². The lowest BCUT2D eigenvalue weighted by molar-refractivity contribution is -0.141.